The third-order valence-electron chi connectivity index (χ3n) is 4.35. The van der Waals surface area contributed by atoms with Crippen LogP contribution in [0.3, 0.4) is 0 Å². The molecule has 0 atom stereocenters. The molecule has 29 heavy (non-hydrogen) atoms. The van der Waals surface area contributed by atoms with Gasteiger partial charge in [-0.25, -0.2) is 4.39 Å². The maximum absolute atomic E-state index is 13.0. The molecule has 3 aromatic rings. The summed E-state index contributed by atoms with van der Waals surface area (Å²) in [5, 5.41) is 0.603. The SMILES string of the molecule is O=C(COc1ccc2c(c1)O/C(=C\c1ccc(Cl)cc1)C2=O)c1ccc(F)cc1. The zero-order chi connectivity index (χ0) is 20.4. The van der Waals surface area contributed by atoms with E-state index in [1.165, 1.54) is 24.3 Å². The molecule has 0 spiro atoms. The summed E-state index contributed by atoms with van der Waals surface area (Å²) in [6.07, 6.45) is 1.64. The summed E-state index contributed by atoms with van der Waals surface area (Å²) < 4.78 is 24.1. The maximum Gasteiger partial charge on any atom is 0.231 e. The molecule has 0 radical (unpaired) electrons. The molecule has 0 bridgehead atoms. The van der Waals surface area contributed by atoms with Crippen molar-refractivity contribution in [1.82, 2.24) is 0 Å². The highest BCUT2D eigenvalue weighted by atomic mass is 35.5. The number of halogens is 2. The highest BCUT2D eigenvalue weighted by Gasteiger charge is 2.27. The number of allylic oxidation sites excluding steroid dienone is 1. The Kier molecular flexibility index (Phi) is 5.14. The number of carbonyl (C=O) groups is 2. The Morgan fingerprint density at radius 3 is 2.48 bits per heavy atom. The molecule has 144 valence electrons. The van der Waals surface area contributed by atoms with E-state index in [9.17, 15) is 14.0 Å². The lowest BCUT2D eigenvalue weighted by Gasteiger charge is -2.07. The summed E-state index contributed by atoms with van der Waals surface area (Å²) in [6, 6.07) is 17.0. The van der Waals surface area contributed by atoms with E-state index in [4.69, 9.17) is 21.1 Å². The van der Waals surface area contributed by atoms with Crippen molar-refractivity contribution in [1.29, 1.82) is 0 Å². The van der Waals surface area contributed by atoms with Crippen LogP contribution in [0.15, 0.2) is 72.5 Å². The second kappa shape index (κ2) is 7.89. The van der Waals surface area contributed by atoms with E-state index < -0.39 is 5.82 Å². The van der Waals surface area contributed by atoms with Gasteiger partial charge in [-0.15, -0.1) is 0 Å². The van der Waals surface area contributed by atoms with Crippen LogP contribution >= 0.6 is 11.6 Å². The lowest BCUT2D eigenvalue weighted by Crippen LogP contribution is -2.11. The second-order valence-corrected chi connectivity index (χ2v) is 6.80. The molecule has 4 rings (SSSR count). The molecule has 1 aliphatic rings. The predicted molar refractivity (Wildman–Crippen MR) is 107 cm³/mol. The molecular weight excluding hydrogens is 395 g/mol. The molecule has 1 heterocycles. The molecule has 0 fully saturated rings. The van der Waals surface area contributed by atoms with E-state index >= 15 is 0 Å². The Bertz CT molecular complexity index is 1120. The minimum Gasteiger partial charge on any atom is -0.485 e. The van der Waals surface area contributed by atoms with Gasteiger partial charge in [0, 0.05) is 16.7 Å². The van der Waals surface area contributed by atoms with Gasteiger partial charge in [0.15, 0.2) is 18.1 Å². The van der Waals surface area contributed by atoms with Crippen LogP contribution in [0.1, 0.15) is 26.3 Å². The highest BCUT2D eigenvalue weighted by molar-refractivity contribution is 6.30. The van der Waals surface area contributed by atoms with Gasteiger partial charge >= 0.3 is 0 Å². The zero-order valence-electron chi connectivity index (χ0n) is 15.0. The normalized spacial score (nSPS) is 13.9. The molecule has 0 unspecified atom stereocenters. The number of rotatable bonds is 5. The van der Waals surface area contributed by atoms with Crippen molar-refractivity contribution in [3.05, 3.63) is 100 Å². The van der Waals surface area contributed by atoms with Crippen molar-refractivity contribution in [2.45, 2.75) is 0 Å². The Morgan fingerprint density at radius 1 is 1.03 bits per heavy atom. The number of Topliss-reactive ketones (excluding diaryl/α,β-unsaturated/α-hetero) is 2. The minimum atomic E-state index is -0.412. The first-order valence-corrected chi connectivity index (χ1v) is 9.13. The fraction of sp³-hybridized carbons (Fsp3) is 0.0435. The Labute approximate surface area is 171 Å². The quantitative estimate of drug-likeness (QED) is 0.421. The van der Waals surface area contributed by atoms with Crippen molar-refractivity contribution >= 4 is 29.2 Å². The number of fused-ring (bicyclic) bond motifs is 1. The molecule has 0 saturated carbocycles. The summed E-state index contributed by atoms with van der Waals surface area (Å²) in [5.74, 6) is 0.0173. The molecule has 0 saturated heterocycles. The standard InChI is InChI=1S/C23H14ClFO4/c24-16-5-1-14(2-6-16)11-22-23(27)19-10-9-18(12-21(19)29-22)28-13-20(26)15-3-7-17(25)8-4-15/h1-12H,13H2/b22-11-. The van der Waals surface area contributed by atoms with Crippen LogP contribution in [0, 0.1) is 5.82 Å². The van der Waals surface area contributed by atoms with Gasteiger partial charge in [0.25, 0.3) is 0 Å². The first-order chi connectivity index (χ1) is 14.0. The summed E-state index contributed by atoms with van der Waals surface area (Å²) in [4.78, 5) is 24.7. The minimum absolute atomic E-state index is 0.196. The predicted octanol–water partition coefficient (Wildman–Crippen LogP) is 5.36. The first kappa shape index (κ1) is 18.9. The van der Waals surface area contributed by atoms with Gasteiger partial charge in [0.2, 0.25) is 5.78 Å². The fourth-order valence-electron chi connectivity index (χ4n) is 2.84. The first-order valence-electron chi connectivity index (χ1n) is 8.75. The molecule has 1 aliphatic heterocycles. The van der Waals surface area contributed by atoms with Gasteiger partial charge in [0.05, 0.1) is 5.56 Å². The van der Waals surface area contributed by atoms with E-state index in [-0.39, 0.29) is 23.9 Å². The Hall–Kier alpha value is -3.44. The molecule has 0 aliphatic carbocycles. The molecule has 4 nitrogen and oxygen atoms in total. The number of hydrogen-bond acceptors (Lipinski definition) is 4. The lowest BCUT2D eigenvalue weighted by molar-refractivity contribution is 0.0920. The van der Waals surface area contributed by atoms with Crippen LogP contribution < -0.4 is 9.47 Å². The molecule has 0 aromatic heterocycles. The lowest BCUT2D eigenvalue weighted by atomic mass is 10.1. The van der Waals surface area contributed by atoms with Crippen LogP contribution in [0.5, 0.6) is 11.5 Å². The average molecular weight is 409 g/mol. The van der Waals surface area contributed by atoms with Crippen molar-refractivity contribution in [3.8, 4) is 11.5 Å². The summed E-state index contributed by atoms with van der Waals surface area (Å²) in [7, 11) is 0. The molecule has 0 amide bonds. The van der Waals surface area contributed by atoms with Gasteiger partial charge in [-0.05, 0) is 60.2 Å². The maximum atomic E-state index is 13.0. The number of hydrogen-bond donors (Lipinski definition) is 0. The van der Waals surface area contributed by atoms with Crippen LogP contribution in [-0.4, -0.2) is 18.2 Å². The van der Waals surface area contributed by atoms with Crippen LogP contribution in [0.25, 0.3) is 6.08 Å². The Morgan fingerprint density at radius 2 is 1.76 bits per heavy atom. The Balaban J connectivity index is 1.46. The summed E-state index contributed by atoms with van der Waals surface area (Å²) in [6.45, 7) is -0.216. The molecule has 6 heteroatoms. The third kappa shape index (κ3) is 4.20. The zero-order valence-corrected chi connectivity index (χ0v) is 15.8. The summed E-state index contributed by atoms with van der Waals surface area (Å²) >= 11 is 5.87. The number of ether oxygens (including phenoxy) is 2. The number of benzene rings is 3. The fourth-order valence-corrected chi connectivity index (χ4v) is 2.96. The smallest absolute Gasteiger partial charge is 0.231 e. The second-order valence-electron chi connectivity index (χ2n) is 6.37. The van der Waals surface area contributed by atoms with Crippen LogP contribution in [0.4, 0.5) is 4.39 Å². The number of ketones is 2. The molecule has 0 N–H and O–H groups in total. The van der Waals surface area contributed by atoms with Crippen molar-refractivity contribution < 1.29 is 23.5 Å². The van der Waals surface area contributed by atoms with Gasteiger partial charge in [-0.3, -0.25) is 9.59 Å². The van der Waals surface area contributed by atoms with Crippen LogP contribution in [-0.2, 0) is 0 Å². The van der Waals surface area contributed by atoms with Gasteiger partial charge in [0.1, 0.15) is 17.3 Å². The van der Waals surface area contributed by atoms with Crippen molar-refractivity contribution in [2.75, 3.05) is 6.61 Å². The third-order valence-corrected chi connectivity index (χ3v) is 4.60. The van der Waals surface area contributed by atoms with Crippen molar-refractivity contribution in [2.24, 2.45) is 0 Å². The highest BCUT2D eigenvalue weighted by Crippen LogP contribution is 2.35. The van der Waals surface area contributed by atoms with Gasteiger partial charge in [-0.2, -0.15) is 0 Å². The van der Waals surface area contributed by atoms with Crippen molar-refractivity contribution in [3.63, 3.8) is 0 Å². The van der Waals surface area contributed by atoms with Gasteiger partial charge in [-0.1, -0.05) is 23.7 Å². The van der Waals surface area contributed by atoms with E-state index in [1.54, 1.807) is 48.5 Å². The van der Waals surface area contributed by atoms with E-state index in [0.717, 1.165) is 5.56 Å². The van der Waals surface area contributed by atoms with Gasteiger partial charge < -0.3 is 9.47 Å². The summed E-state index contributed by atoms with van der Waals surface area (Å²) in [5.41, 5.74) is 1.56. The molecular formula is C23H14ClFO4. The largest absolute Gasteiger partial charge is 0.485 e. The van der Waals surface area contributed by atoms with E-state index in [0.29, 0.717) is 27.6 Å². The average Bonchev–Trinajstić information content (AvgIpc) is 3.03. The van der Waals surface area contributed by atoms with E-state index in [1.807, 2.05) is 0 Å². The van der Waals surface area contributed by atoms with Crippen LogP contribution in [0.2, 0.25) is 5.02 Å². The number of carbonyl (C=O) groups excluding carboxylic acids is 2. The topological polar surface area (TPSA) is 52.6 Å². The van der Waals surface area contributed by atoms with E-state index in [2.05, 4.69) is 0 Å². The molecule has 3 aromatic carbocycles. The monoisotopic (exact) mass is 408 g/mol.